The number of hydrogen-bond acceptors (Lipinski definition) is 11. The highest BCUT2D eigenvalue weighted by Gasteiger charge is 2.46. The lowest BCUT2D eigenvalue weighted by Gasteiger charge is -2.45. The van der Waals surface area contributed by atoms with E-state index in [0.717, 1.165) is 45.7 Å². The predicted octanol–water partition coefficient (Wildman–Crippen LogP) is 6.44. The van der Waals surface area contributed by atoms with Crippen LogP contribution in [-0.4, -0.2) is 53.2 Å². The summed E-state index contributed by atoms with van der Waals surface area (Å²) in [5.74, 6) is -1.34. The maximum Gasteiger partial charge on any atom is 0.346 e. The van der Waals surface area contributed by atoms with Gasteiger partial charge in [0, 0.05) is 11.1 Å². The second-order valence-electron chi connectivity index (χ2n) is 9.82. The fraction of sp³-hybridized carbons (Fsp3) is 0.276. The Labute approximate surface area is 255 Å². The summed E-state index contributed by atoms with van der Waals surface area (Å²) in [6.07, 6.45) is 0. The molecule has 0 aliphatic carbocycles. The van der Waals surface area contributed by atoms with Gasteiger partial charge in [-0.2, -0.15) is 0 Å². The number of rotatable bonds is 5. The summed E-state index contributed by atoms with van der Waals surface area (Å²) in [6, 6.07) is 11.4. The molecule has 2 aliphatic rings. The lowest BCUT2D eigenvalue weighted by Crippen LogP contribution is -2.56. The standard InChI is InChI=1S/C29H26N2O6S4/c1-14-11-16-18(12-15(14)2)31(20(32)13-39-28-30-17-9-7-8-10-19(17)37-28)29(3,4)24(38)21(16)27-40-22(25(33)35-5)23(41-27)26(34)36-6/h7-12H,13H2,1-6H3. The number of amides is 1. The van der Waals surface area contributed by atoms with E-state index in [9.17, 15) is 14.4 Å². The lowest BCUT2D eigenvalue weighted by atomic mass is 9.82. The summed E-state index contributed by atoms with van der Waals surface area (Å²) in [7, 11) is 2.53. The molecular formula is C29H26N2O6S4. The van der Waals surface area contributed by atoms with Gasteiger partial charge in [-0.1, -0.05) is 59.6 Å². The number of thiocarbonyl (C=S) groups is 1. The van der Waals surface area contributed by atoms with Crippen LogP contribution in [0.1, 0.15) is 30.5 Å². The average molecular weight is 627 g/mol. The van der Waals surface area contributed by atoms with E-state index in [2.05, 4.69) is 4.98 Å². The Bertz CT molecular complexity index is 1640. The third-order valence-corrected chi connectivity index (χ3v) is 10.9. The summed E-state index contributed by atoms with van der Waals surface area (Å²) in [6.45, 7) is 7.78. The molecule has 41 heavy (non-hydrogen) atoms. The van der Waals surface area contributed by atoms with Crippen molar-refractivity contribution >= 4 is 92.6 Å². The van der Waals surface area contributed by atoms with Gasteiger partial charge in [-0.05, 0) is 63.1 Å². The molecule has 2 aromatic carbocycles. The van der Waals surface area contributed by atoms with E-state index < -0.39 is 17.5 Å². The van der Waals surface area contributed by atoms with Crippen molar-refractivity contribution in [1.82, 2.24) is 4.98 Å². The van der Waals surface area contributed by atoms with E-state index in [1.807, 2.05) is 64.1 Å². The molecule has 0 N–H and O–H groups in total. The number of ether oxygens (including phenoxy) is 2. The van der Waals surface area contributed by atoms with E-state index in [4.69, 9.17) is 26.1 Å². The normalized spacial score (nSPS) is 16.3. The van der Waals surface area contributed by atoms with Crippen molar-refractivity contribution in [3.05, 3.63) is 67.1 Å². The molecule has 3 aromatic rings. The number of aryl methyl sites for hydroxylation is 2. The number of aromatic nitrogens is 1. The largest absolute Gasteiger partial charge is 0.465 e. The Kier molecular flexibility index (Phi) is 8.12. The number of hydrogen-bond donors (Lipinski definition) is 0. The van der Waals surface area contributed by atoms with Gasteiger partial charge in [0.2, 0.25) is 5.91 Å². The summed E-state index contributed by atoms with van der Waals surface area (Å²) in [4.78, 5) is 46.1. The van der Waals surface area contributed by atoms with E-state index >= 15 is 0 Å². The lowest BCUT2D eigenvalue weighted by molar-refractivity contribution is -0.138. The highest BCUT2D eigenvalue weighted by atomic mass is 32.2. The molecule has 0 saturated carbocycles. The number of anilines is 1. The first kappa shape index (κ1) is 29.4. The van der Waals surface area contributed by atoms with Gasteiger partial charge in [-0.25, -0.2) is 14.6 Å². The van der Waals surface area contributed by atoms with Crippen LogP contribution in [0.3, 0.4) is 0 Å². The second kappa shape index (κ2) is 11.3. The molecule has 2 aliphatic heterocycles. The number of carbonyl (C=O) groups excluding carboxylic acids is 3. The molecule has 0 unspecified atom stereocenters. The number of fused-ring (bicyclic) bond motifs is 2. The fourth-order valence-electron chi connectivity index (χ4n) is 4.62. The first-order valence-corrected chi connectivity index (χ1v) is 15.5. The van der Waals surface area contributed by atoms with Gasteiger partial charge in [-0.15, -0.1) is 0 Å². The zero-order valence-electron chi connectivity index (χ0n) is 23.1. The maximum atomic E-state index is 13.9. The predicted molar refractivity (Wildman–Crippen MR) is 168 cm³/mol. The van der Waals surface area contributed by atoms with Crippen LogP contribution in [0.2, 0.25) is 0 Å². The number of methoxy groups -OCH3 is 2. The van der Waals surface area contributed by atoms with Crippen molar-refractivity contribution in [3.8, 4) is 0 Å². The molecule has 5 rings (SSSR count). The average Bonchev–Trinajstić information content (AvgIpc) is 3.57. The Balaban J connectivity index is 1.56. The van der Waals surface area contributed by atoms with Crippen molar-refractivity contribution in [1.29, 1.82) is 0 Å². The molecular weight excluding hydrogens is 601 g/mol. The number of oxazole rings is 1. The minimum absolute atomic E-state index is 0.0845. The van der Waals surface area contributed by atoms with Crippen LogP contribution in [0.4, 0.5) is 5.69 Å². The maximum absolute atomic E-state index is 13.9. The zero-order valence-corrected chi connectivity index (χ0v) is 26.4. The van der Waals surface area contributed by atoms with E-state index in [1.54, 1.807) is 4.90 Å². The minimum Gasteiger partial charge on any atom is -0.465 e. The number of para-hydroxylation sites is 2. The molecule has 0 saturated heterocycles. The Morgan fingerprint density at radius 3 is 2.24 bits per heavy atom. The molecule has 1 amide bonds. The van der Waals surface area contributed by atoms with Crippen LogP contribution in [-0.2, 0) is 23.9 Å². The molecule has 1 aromatic heterocycles. The van der Waals surface area contributed by atoms with Gasteiger partial charge < -0.3 is 18.8 Å². The fourth-order valence-corrected chi connectivity index (χ4v) is 8.34. The molecule has 3 heterocycles. The van der Waals surface area contributed by atoms with Crippen LogP contribution in [0, 0.1) is 13.8 Å². The first-order valence-electron chi connectivity index (χ1n) is 12.5. The van der Waals surface area contributed by atoms with Crippen molar-refractivity contribution in [2.45, 2.75) is 38.5 Å². The monoisotopic (exact) mass is 626 g/mol. The summed E-state index contributed by atoms with van der Waals surface area (Å²) < 4.78 is 16.3. The van der Waals surface area contributed by atoms with Crippen LogP contribution >= 0.6 is 47.5 Å². The van der Waals surface area contributed by atoms with Gasteiger partial charge in [0.15, 0.2) is 5.58 Å². The van der Waals surface area contributed by atoms with E-state index in [0.29, 0.717) is 31.2 Å². The van der Waals surface area contributed by atoms with Crippen molar-refractivity contribution in [2.75, 3.05) is 24.9 Å². The third-order valence-electron chi connectivity index (χ3n) is 6.85. The number of benzene rings is 2. The van der Waals surface area contributed by atoms with E-state index in [-0.39, 0.29) is 21.5 Å². The Morgan fingerprint density at radius 2 is 1.63 bits per heavy atom. The zero-order chi connectivity index (χ0) is 29.6. The van der Waals surface area contributed by atoms with Crippen LogP contribution in [0.5, 0.6) is 0 Å². The van der Waals surface area contributed by atoms with Gasteiger partial charge in [0.1, 0.15) is 15.3 Å². The van der Waals surface area contributed by atoms with Gasteiger partial charge in [-0.3, -0.25) is 4.79 Å². The van der Waals surface area contributed by atoms with Gasteiger partial charge in [0.25, 0.3) is 5.22 Å². The van der Waals surface area contributed by atoms with Crippen molar-refractivity contribution < 1.29 is 28.3 Å². The molecule has 0 radical (unpaired) electrons. The molecule has 212 valence electrons. The topological polar surface area (TPSA) is 98.9 Å². The summed E-state index contributed by atoms with van der Waals surface area (Å²) in [5.41, 5.74) is 4.66. The quantitative estimate of drug-likeness (QED) is 0.135. The number of esters is 2. The number of carbonyl (C=O) groups is 3. The third kappa shape index (κ3) is 5.22. The molecule has 0 fully saturated rings. The molecule has 0 spiro atoms. The summed E-state index contributed by atoms with van der Waals surface area (Å²) >= 11 is 9.56. The summed E-state index contributed by atoms with van der Waals surface area (Å²) in [5, 5.41) is 0.413. The second-order valence-corrected chi connectivity index (χ2v) is 13.4. The molecule has 0 bridgehead atoms. The highest BCUT2D eigenvalue weighted by Crippen LogP contribution is 2.56. The SMILES string of the molecule is COC(=O)C1=C(C(=O)OC)SC(=C2C(=S)C(C)(C)N(C(=O)CSc3nc4ccccc4o3)c3cc(C)c(C)cc32)S1. The number of nitrogens with zero attached hydrogens (tertiary/aromatic N) is 2. The Hall–Kier alpha value is -3.06. The minimum atomic E-state index is -0.911. The molecule has 0 atom stereocenters. The molecule has 12 heteroatoms. The van der Waals surface area contributed by atoms with Gasteiger partial charge >= 0.3 is 11.9 Å². The van der Waals surface area contributed by atoms with Gasteiger partial charge in [0.05, 0.1) is 40.3 Å². The van der Waals surface area contributed by atoms with Crippen LogP contribution in [0.15, 0.2) is 60.1 Å². The van der Waals surface area contributed by atoms with Crippen LogP contribution < -0.4 is 4.90 Å². The first-order chi connectivity index (χ1) is 19.5. The molecule has 8 nitrogen and oxygen atoms in total. The van der Waals surface area contributed by atoms with Crippen molar-refractivity contribution in [3.63, 3.8) is 0 Å². The van der Waals surface area contributed by atoms with Crippen molar-refractivity contribution in [2.24, 2.45) is 0 Å². The number of thioether (sulfide) groups is 3. The Morgan fingerprint density at radius 1 is 1.02 bits per heavy atom. The highest BCUT2D eigenvalue weighted by molar-refractivity contribution is 8.29. The van der Waals surface area contributed by atoms with Crippen LogP contribution in [0.25, 0.3) is 16.7 Å². The smallest absolute Gasteiger partial charge is 0.346 e. The van der Waals surface area contributed by atoms with E-state index in [1.165, 1.54) is 26.0 Å².